The fourth-order valence-corrected chi connectivity index (χ4v) is 2.09. The molecular weight excluding hydrogens is 366 g/mol. The highest BCUT2D eigenvalue weighted by molar-refractivity contribution is 9.10. The van der Waals surface area contributed by atoms with Gasteiger partial charge in [0, 0.05) is 16.9 Å². The molecule has 0 aliphatic heterocycles. The molecular formula is C11H7BrN3O5S-. The van der Waals surface area contributed by atoms with Gasteiger partial charge in [-0.25, -0.2) is 13.8 Å². The van der Waals surface area contributed by atoms with Crippen molar-refractivity contribution >= 4 is 38.2 Å². The van der Waals surface area contributed by atoms with Gasteiger partial charge in [-0.3, -0.25) is 9.78 Å². The summed E-state index contributed by atoms with van der Waals surface area (Å²) in [6.45, 7) is 0. The Morgan fingerprint density at radius 3 is 2.81 bits per heavy atom. The second-order valence-electron chi connectivity index (χ2n) is 3.70. The molecule has 10 heteroatoms. The Balaban J connectivity index is 2.03. The van der Waals surface area contributed by atoms with Gasteiger partial charge in [-0.15, -0.1) is 0 Å². The van der Waals surface area contributed by atoms with Crippen LogP contribution < -0.4 is 5.43 Å². The second-order valence-corrected chi connectivity index (χ2v) is 5.93. The van der Waals surface area contributed by atoms with E-state index in [1.54, 1.807) is 6.07 Å². The highest BCUT2D eigenvalue weighted by Crippen LogP contribution is 2.12. The van der Waals surface area contributed by atoms with E-state index in [-0.39, 0.29) is 11.3 Å². The Morgan fingerprint density at radius 1 is 1.43 bits per heavy atom. The number of nitrogens with zero attached hydrogens (tertiary/aromatic N) is 2. The lowest BCUT2D eigenvalue weighted by atomic mass is 10.3. The van der Waals surface area contributed by atoms with Crippen molar-refractivity contribution in [1.29, 1.82) is 0 Å². The molecule has 1 N–H and O–H groups in total. The Hall–Kier alpha value is -2.04. The minimum Gasteiger partial charge on any atom is -0.742 e. The lowest BCUT2D eigenvalue weighted by Crippen LogP contribution is -2.17. The maximum atomic E-state index is 11.7. The van der Waals surface area contributed by atoms with Crippen molar-refractivity contribution in [2.45, 2.75) is 5.09 Å². The lowest BCUT2D eigenvalue weighted by Gasteiger charge is -2.00. The highest BCUT2D eigenvalue weighted by atomic mass is 79.9. The average molecular weight is 373 g/mol. The number of furan rings is 1. The molecule has 0 bridgehead atoms. The molecule has 110 valence electrons. The number of hydrazone groups is 1. The van der Waals surface area contributed by atoms with Crippen molar-refractivity contribution in [1.82, 2.24) is 10.4 Å². The van der Waals surface area contributed by atoms with Crippen LogP contribution in [0.1, 0.15) is 16.1 Å². The van der Waals surface area contributed by atoms with E-state index >= 15 is 0 Å². The van der Waals surface area contributed by atoms with Crippen LogP contribution in [0.25, 0.3) is 0 Å². The van der Waals surface area contributed by atoms with E-state index in [0.717, 1.165) is 12.3 Å². The van der Waals surface area contributed by atoms with Crippen molar-refractivity contribution in [2.75, 3.05) is 0 Å². The van der Waals surface area contributed by atoms with Gasteiger partial charge in [0.05, 0.1) is 11.8 Å². The summed E-state index contributed by atoms with van der Waals surface area (Å²) in [6.07, 6.45) is 3.94. The van der Waals surface area contributed by atoms with Crippen LogP contribution >= 0.6 is 15.9 Å². The zero-order valence-corrected chi connectivity index (χ0v) is 12.6. The van der Waals surface area contributed by atoms with Crippen LogP contribution in [0.4, 0.5) is 0 Å². The molecule has 0 atom stereocenters. The first-order chi connectivity index (χ1) is 9.86. The fourth-order valence-electron chi connectivity index (χ4n) is 1.29. The highest BCUT2D eigenvalue weighted by Gasteiger charge is 2.07. The van der Waals surface area contributed by atoms with E-state index < -0.39 is 21.1 Å². The van der Waals surface area contributed by atoms with Gasteiger partial charge in [-0.05, 0) is 34.1 Å². The van der Waals surface area contributed by atoms with Gasteiger partial charge in [0.15, 0.2) is 10.1 Å². The minimum absolute atomic E-state index is 0.0112. The maximum absolute atomic E-state index is 11.7. The van der Waals surface area contributed by atoms with E-state index in [0.29, 0.717) is 4.47 Å². The van der Waals surface area contributed by atoms with Crippen molar-refractivity contribution in [3.63, 3.8) is 0 Å². The van der Waals surface area contributed by atoms with Crippen LogP contribution in [0.15, 0.2) is 49.7 Å². The molecule has 1 amide bonds. The Bertz CT molecular complexity index is 800. The van der Waals surface area contributed by atoms with Crippen molar-refractivity contribution in [3.05, 3.63) is 46.4 Å². The summed E-state index contributed by atoms with van der Waals surface area (Å²) in [5.41, 5.74) is 2.49. The molecule has 2 aromatic rings. The van der Waals surface area contributed by atoms with Crippen molar-refractivity contribution in [2.24, 2.45) is 5.10 Å². The summed E-state index contributed by atoms with van der Waals surface area (Å²) in [5, 5.41) is 2.87. The van der Waals surface area contributed by atoms with E-state index in [4.69, 9.17) is 4.42 Å². The van der Waals surface area contributed by atoms with Crippen LogP contribution in [-0.2, 0) is 10.1 Å². The molecule has 2 rings (SSSR count). The Morgan fingerprint density at radius 2 is 2.19 bits per heavy atom. The lowest BCUT2D eigenvalue weighted by molar-refractivity contribution is 0.0954. The molecule has 0 saturated heterocycles. The average Bonchev–Trinajstić information content (AvgIpc) is 2.87. The number of aromatic nitrogens is 1. The van der Waals surface area contributed by atoms with Gasteiger partial charge in [0.1, 0.15) is 5.76 Å². The standard InChI is InChI=1S/C11H8BrN3O5S/c12-8-3-7(4-13-5-8)11(16)15-14-6-9-1-2-10(20-9)21(17,18)19/h1-6H,(H,15,16)(H,17,18,19)/p-1. The molecule has 0 unspecified atom stereocenters. The minimum atomic E-state index is -4.65. The molecule has 21 heavy (non-hydrogen) atoms. The number of carbonyl (C=O) groups is 1. The smallest absolute Gasteiger partial charge is 0.272 e. The van der Waals surface area contributed by atoms with Crippen LogP contribution in [0, 0.1) is 0 Å². The van der Waals surface area contributed by atoms with Crippen molar-refractivity contribution < 1.29 is 22.2 Å². The first-order valence-corrected chi connectivity index (χ1v) is 7.56. The Kier molecular flexibility index (Phi) is 4.50. The Labute approximate surface area is 127 Å². The first kappa shape index (κ1) is 15.4. The van der Waals surface area contributed by atoms with Gasteiger partial charge in [-0.2, -0.15) is 5.10 Å². The normalized spacial score (nSPS) is 11.7. The summed E-state index contributed by atoms with van der Waals surface area (Å²) in [4.78, 5) is 15.5. The van der Waals surface area contributed by atoms with Gasteiger partial charge in [-0.1, -0.05) is 0 Å². The molecule has 0 saturated carbocycles. The van der Waals surface area contributed by atoms with Gasteiger partial charge >= 0.3 is 0 Å². The van der Waals surface area contributed by atoms with Crippen molar-refractivity contribution in [3.8, 4) is 0 Å². The summed E-state index contributed by atoms with van der Waals surface area (Å²) >= 11 is 3.17. The zero-order valence-electron chi connectivity index (χ0n) is 10.2. The van der Waals surface area contributed by atoms with E-state index in [2.05, 4.69) is 31.4 Å². The third-order valence-electron chi connectivity index (χ3n) is 2.17. The number of hydrogen-bond acceptors (Lipinski definition) is 7. The third-order valence-corrected chi connectivity index (χ3v) is 3.32. The molecule has 0 fully saturated rings. The monoisotopic (exact) mass is 372 g/mol. The fraction of sp³-hybridized carbons (Fsp3) is 0. The van der Waals surface area contributed by atoms with Crippen LogP contribution in [0.3, 0.4) is 0 Å². The quantitative estimate of drug-likeness (QED) is 0.486. The number of rotatable bonds is 4. The second kappa shape index (κ2) is 6.16. The molecule has 0 radical (unpaired) electrons. The van der Waals surface area contributed by atoms with Crippen LogP contribution in [0.5, 0.6) is 0 Å². The van der Waals surface area contributed by atoms with E-state index in [9.17, 15) is 17.8 Å². The van der Waals surface area contributed by atoms with E-state index in [1.807, 2.05) is 0 Å². The largest absolute Gasteiger partial charge is 0.742 e. The number of nitrogens with one attached hydrogen (secondary N) is 1. The molecule has 2 heterocycles. The topological polar surface area (TPSA) is 125 Å². The maximum Gasteiger partial charge on any atom is 0.272 e. The molecule has 0 aliphatic carbocycles. The summed E-state index contributed by atoms with van der Waals surface area (Å²) in [6, 6.07) is 3.79. The van der Waals surface area contributed by atoms with Gasteiger partial charge in [0.25, 0.3) is 5.91 Å². The summed E-state index contributed by atoms with van der Waals surface area (Å²) in [5.74, 6) is -0.500. The van der Waals surface area contributed by atoms with E-state index in [1.165, 1.54) is 18.5 Å². The number of amides is 1. The first-order valence-electron chi connectivity index (χ1n) is 5.36. The predicted octanol–water partition coefficient (Wildman–Crippen LogP) is 1.11. The SMILES string of the molecule is O=C(NN=Cc1ccc(S(=O)(=O)[O-])o1)c1cncc(Br)c1. The summed E-state index contributed by atoms with van der Waals surface area (Å²) < 4.78 is 37.4. The number of halogens is 1. The number of carbonyl (C=O) groups excluding carboxylic acids is 1. The predicted molar refractivity (Wildman–Crippen MR) is 73.7 cm³/mol. The molecule has 2 aromatic heterocycles. The molecule has 8 nitrogen and oxygen atoms in total. The number of hydrogen-bond donors (Lipinski definition) is 1. The third kappa shape index (κ3) is 4.21. The zero-order chi connectivity index (χ0) is 15.5. The van der Waals surface area contributed by atoms with Gasteiger partial charge in [0.2, 0.25) is 5.09 Å². The summed E-state index contributed by atoms with van der Waals surface area (Å²) in [7, 11) is -4.65. The van der Waals surface area contributed by atoms with Crippen LogP contribution in [0.2, 0.25) is 0 Å². The number of pyridine rings is 1. The molecule has 0 aromatic carbocycles. The molecule has 0 spiro atoms. The van der Waals surface area contributed by atoms with Gasteiger partial charge < -0.3 is 8.97 Å². The van der Waals surface area contributed by atoms with Crippen LogP contribution in [-0.4, -0.2) is 30.1 Å². The molecule has 0 aliphatic rings.